The zero-order valence-electron chi connectivity index (χ0n) is 21.9. The van der Waals surface area contributed by atoms with Gasteiger partial charge in [0.2, 0.25) is 21.8 Å². The number of amides is 2. The Morgan fingerprint density at radius 1 is 1.05 bits per heavy atom. The molecule has 0 heterocycles. The van der Waals surface area contributed by atoms with Crippen LogP contribution in [0.25, 0.3) is 0 Å². The smallest absolute Gasteiger partial charge is 0.242 e. The van der Waals surface area contributed by atoms with Crippen LogP contribution in [0.4, 0.5) is 5.69 Å². The highest BCUT2D eigenvalue weighted by molar-refractivity contribution is 7.92. The predicted octanol–water partition coefficient (Wildman–Crippen LogP) is 5.83. The molecule has 2 rings (SSSR count). The molecule has 2 aromatic rings. The van der Waals surface area contributed by atoms with Gasteiger partial charge < -0.3 is 10.2 Å². The summed E-state index contributed by atoms with van der Waals surface area (Å²) < 4.78 is 26.4. The van der Waals surface area contributed by atoms with E-state index in [1.165, 1.54) is 9.21 Å². The Balaban J connectivity index is 2.28. The molecule has 0 spiro atoms. The third-order valence-corrected chi connectivity index (χ3v) is 7.77. The number of sulfonamides is 1. The minimum Gasteiger partial charge on any atom is -0.350 e. The van der Waals surface area contributed by atoms with Crippen LogP contribution in [0.1, 0.15) is 51.7 Å². The van der Waals surface area contributed by atoms with E-state index in [9.17, 15) is 18.0 Å². The molecule has 1 N–H and O–H groups in total. The molecule has 204 valence electrons. The molecule has 0 aliphatic heterocycles. The van der Waals surface area contributed by atoms with Crippen molar-refractivity contribution >= 4 is 62.3 Å². The normalized spacial score (nSPS) is 12.7. The zero-order valence-corrected chi connectivity index (χ0v) is 25.0. The fourth-order valence-corrected chi connectivity index (χ4v) is 5.44. The second-order valence-electron chi connectivity index (χ2n) is 10.0. The van der Waals surface area contributed by atoms with Crippen LogP contribution in [0.5, 0.6) is 0 Å². The Morgan fingerprint density at radius 3 is 2.19 bits per heavy atom. The lowest BCUT2D eigenvalue weighted by Crippen LogP contribution is -2.52. The van der Waals surface area contributed by atoms with E-state index in [0.29, 0.717) is 26.3 Å². The Morgan fingerprint density at radius 2 is 1.65 bits per heavy atom. The summed E-state index contributed by atoms with van der Waals surface area (Å²) in [5, 5.41) is 4.07. The number of aryl methyl sites for hydroxylation is 1. The third kappa shape index (κ3) is 9.06. The van der Waals surface area contributed by atoms with E-state index in [4.69, 9.17) is 34.8 Å². The van der Waals surface area contributed by atoms with Crippen molar-refractivity contribution < 1.29 is 18.0 Å². The first-order valence-corrected chi connectivity index (χ1v) is 14.8. The summed E-state index contributed by atoms with van der Waals surface area (Å²) in [6.45, 7) is 9.08. The highest BCUT2D eigenvalue weighted by atomic mass is 35.5. The topological polar surface area (TPSA) is 86.8 Å². The van der Waals surface area contributed by atoms with Crippen molar-refractivity contribution in [1.82, 2.24) is 10.2 Å². The average Bonchev–Trinajstić information content (AvgIpc) is 2.76. The van der Waals surface area contributed by atoms with Crippen molar-refractivity contribution in [2.45, 2.75) is 65.6 Å². The van der Waals surface area contributed by atoms with Crippen LogP contribution in [-0.4, -0.2) is 49.5 Å². The lowest BCUT2D eigenvalue weighted by atomic mass is 10.1. The molecule has 0 saturated heterocycles. The van der Waals surface area contributed by atoms with E-state index < -0.39 is 21.6 Å². The molecule has 2 amide bonds. The highest BCUT2D eigenvalue weighted by Gasteiger charge is 2.29. The van der Waals surface area contributed by atoms with Crippen molar-refractivity contribution in [2.24, 2.45) is 0 Å². The SMILES string of the molecule is Cc1ccc(Cl)cc1N(CCCC(=O)N(Cc1c(Cl)cccc1Cl)[C@H](C)C(=O)NC(C)(C)C)S(C)(=O)=O. The van der Waals surface area contributed by atoms with Gasteiger partial charge in [-0.15, -0.1) is 0 Å². The average molecular weight is 591 g/mol. The van der Waals surface area contributed by atoms with Crippen LogP contribution in [0.2, 0.25) is 15.1 Å². The molecule has 7 nitrogen and oxygen atoms in total. The summed E-state index contributed by atoms with van der Waals surface area (Å²) in [7, 11) is -3.63. The van der Waals surface area contributed by atoms with Gasteiger partial charge in [-0.05, 0) is 70.9 Å². The van der Waals surface area contributed by atoms with Crippen LogP contribution < -0.4 is 9.62 Å². The van der Waals surface area contributed by atoms with Gasteiger partial charge in [-0.1, -0.05) is 46.9 Å². The molecule has 0 bridgehead atoms. The van der Waals surface area contributed by atoms with Crippen molar-refractivity contribution in [3.05, 3.63) is 62.6 Å². The van der Waals surface area contributed by atoms with Crippen LogP contribution in [0.15, 0.2) is 36.4 Å². The van der Waals surface area contributed by atoms with Crippen molar-refractivity contribution in [3.8, 4) is 0 Å². The zero-order chi connectivity index (χ0) is 28.1. The quantitative estimate of drug-likeness (QED) is 0.377. The number of anilines is 1. The molecule has 11 heteroatoms. The number of rotatable bonds is 10. The molecule has 0 unspecified atom stereocenters. The lowest BCUT2D eigenvalue weighted by Gasteiger charge is -2.32. The van der Waals surface area contributed by atoms with E-state index in [0.717, 1.165) is 11.8 Å². The predicted molar refractivity (Wildman–Crippen MR) is 152 cm³/mol. The van der Waals surface area contributed by atoms with Crippen LogP contribution in [-0.2, 0) is 26.2 Å². The van der Waals surface area contributed by atoms with Crippen molar-refractivity contribution in [3.63, 3.8) is 0 Å². The Labute approximate surface area is 235 Å². The number of benzene rings is 2. The summed E-state index contributed by atoms with van der Waals surface area (Å²) >= 11 is 18.8. The maximum Gasteiger partial charge on any atom is 0.242 e. The molecular weight excluding hydrogens is 557 g/mol. The first kappa shape index (κ1) is 31.2. The molecular formula is C26H34Cl3N3O4S. The maximum absolute atomic E-state index is 13.4. The second-order valence-corrected chi connectivity index (χ2v) is 13.2. The van der Waals surface area contributed by atoms with E-state index in [-0.39, 0.29) is 37.7 Å². The van der Waals surface area contributed by atoms with Gasteiger partial charge in [0.15, 0.2) is 0 Å². The molecule has 0 radical (unpaired) electrons. The van der Waals surface area contributed by atoms with E-state index in [2.05, 4.69) is 5.32 Å². The van der Waals surface area contributed by atoms with Crippen LogP contribution >= 0.6 is 34.8 Å². The first-order valence-electron chi connectivity index (χ1n) is 11.8. The third-order valence-electron chi connectivity index (χ3n) is 5.65. The molecule has 0 aromatic heterocycles. The summed E-state index contributed by atoms with van der Waals surface area (Å²) in [5.41, 5.74) is 1.23. The molecule has 0 saturated carbocycles. The number of hydrogen-bond donors (Lipinski definition) is 1. The first-order chi connectivity index (χ1) is 17.0. The monoisotopic (exact) mass is 589 g/mol. The van der Waals surface area contributed by atoms with Gasteiger partial charge in [0.25, 0.3) is 0 Å². The maximum atomic E-state index is 13.4. The summed E-state index contributed by atoms with van der Waals surface area (Å²) in [4.78, 5) is 27.8. The molecule has 2 aromatic carbocycles. The van der Waals surface area contributed by atoms with Gasteiger partial charge in [0.05, 0.1) is 11.9 Å². The van der Waals surface area contributed by atoms with E-state index in [1.54, 1.807) is 50.2 Å². The van der Waals surface area contributed by atoms with E-state index in [1.807, 2.05) is 20.8 Å². The number of hydrogen-bond acceptors (Lipinski definition) is 4. The van der Waals surface area contributed by atoms with Gasteiger partial charge in [-0.25, -0.2) is 8.42 Å². The van der Waals surface area contributed by atoms with Gasteiger partial charge >= 0.3 is 0 Å². The number of halogens is 3. The molecule has 0 aliphatic carbocycles. The highest BCUT2D eigenvalue weighted by Crippen LogP contribution is 2.28. The molecule has 0 fully saturated rings. The fourth-order valence-electron chi connectivity index (χ4n) is 3.74. The van der Waals surface area contributed by atoms with Gasteiger partial charge in [-0.3, -0.25) is 13.9 Å². The Hall–Kier alpha value is -2.00. The van der Waals surface area contributed by atoms with Gasteiger partial charge in [0.1, 0.15) is 6.04 Å². The molecule has 37 heavy (non-hydrogen) atoms. The van der Waals surface area contributed by atoms with Crippen molar-refractivity contribution in [1.29, 1.82) is 0 Å². The second kappa shape index (κ2) is 12.7. The minimum atomic E-state index is -3.63. The standard InChI is InChI=1S/C26H34Cl3N3O4S/c1-17-12-13-19(27)15-23(17)32(37(6,35)36)14-8-11-24(33)31(18(2)25(34)30-26(3,4)5)16-20-21(28)9-7-10-22(20)29/h7,9-10,12-13,15,18H,8,11,14,16H2,1-6H3,(H,30,34)/t18-/m1/s1. The Bertz CT molecular complexity index is 1230. The molecule has 0 aliphatic rings. The number of carbonyl (C=O) groups excluding carboxylic acids is 2. The summed E-state index contributed by atoms with van der Waals surface area (Å²) in [5.74, 6) is -0.653. The number of nitrogens with one attached hydrogen (secondary N) is 1. The van der Waals surface area contributed by atoms with Crippen LogP contribution in [0, 0.1) is 6.92 Å². The van der Waals surface area contributed by atoms with Gasteiger partial charge in [-0.2, -0.15) is 0 Å². The minimum absolute atomic E-state index is 0.000836. The van der Waals surface area contributed by atoms with Crippen LogP contribution in [0.3, 0.4) is 0 Å². The van der Waals surface area contributed by atoms with Gasteiger partial charge in [0, 0.05) is 45.7 Å². The number of nitrogens with zero attached hydrogens (tertiary/aromatic N) is 2. The largest absolute Gasteiger partial charge is 0.350 e. The lowest BCUT2D eigenvalue weighted by molar-refractivity contribution is -0.141. The summed E-state index contributed by atoms with van der Waals surface area (Å²) in [6, 6.07) is 9.24. The molecule has 1 atom stereocenters. The fraction of sp³-hybridized carbons (Fsp3) is 0.462. The number of carbonyl (C=O) groups is 2. The Kier molecular flexibility index (Phi) is 10.7. The van der Waals surface area contributed by atoms with E-state index >= 15 is 0 Å². The summed E-state index contributed by atoms with van der Waals surface area (Å²) in [6.07, 6.45) is 1.33. The van der Waals surface area contributed by atoms with Crippen molar-refractivity contribution in [2.75, 3.05) is 17.1 Å².